The summed E-state index contributed by atoms with van der Waals surface area (Å²) >= 11 is 6.11. The van der Waals surface area contributed by atoms with Crippen LogP contribution >= 0.6 is 11.6 Å². The predicted molar refractivity (Wildman–Crippen MR) is 127 cm³/mol. The summed E-state index contributed by atoms with van der Waals surface area (Å²) in [6.07, 6.45) is 3.37. The number of anilines is 1. The first-order valence-electron chi connectivity index (χ1n) is 11.2. The summed E-state index contributed by atoms with van der Waals surface area (Å²) in [6, 6.07) is 2.16. The van der Waals surface area contributed by atoms with Gasteiger partial charge in [-0.1, -0.05) is 24.4 Å². The Hall–Kier alpha value is -2.28. The fourth-order valence-corrected chi connectivity index (χ4v) is 5.60. The van der Waals surface area contributed by atoms with Gasteiger partial charge in [-0.15, -0.1) is 4.83 Å². The summed E-state index contributed by atoms with van der Waals surface area (Å²) in [7, 11) is -4.28. The molecule has 13 heteroatoms. The molecule has 2 fully saturated rings. The number of nitrogens with one attached hydrogen (secondary N) is 3. The first kappa shape index (κ1) is 26.3. The molecule has 11 nitrogen and oxygen atoms in total. The summed E-state index contributed by atoms with van der Waals surface area (Å²) < 4.78 is 31.4. The van der Waals surface area contributed by atoms with Gasteiger partial charge in [0.1, 0.15) is 10.5 Å². The van der Waals surface area contributed by atoms with E-state index in [9.17, 15) is 23.1 Å². The fraction of sp³-hybridized carbons (Fsp3) is 0.619. The third kappa shape index (κ3) is 6.87. The van der Waals surface area contributed by atoms with Crippen molar-refractivity contribution >= 4 is 39.4 Å². The zero-order chi connectivity index (χ0) is 25.1. The Morgan fingerprint density at radius 2 is 1.74 bits per heavy atom. The number of hydrazine groups is 1. The molecule has 1 aromatic carbocycles. The van der Waals surface area contributed by atoms with Crippen LogP contribution < -0.4 is 15.5 Å². The number of hydrogen-bond acceptors (Lipinski definition) is 7. The molecule has 1 aromatic rings. The van der Waals surface area contributed by atoms with Gasteiger partial charge in [-0.05, 0) is 45.7 Å². The second-order valence-corrected chi connectivity index (χ2v) is 11.4. The summed E-state index contributed by atoms with van der Waals surface area (Å²) in [6.45, 7) is 6.23. The molecular weight excluding hydrogens is 486 g/mol. The molecule has 34 heavy (non-hydrogen) atoms. The lowest BCUT2D eigenvalue weighted by Crippen LogP contribution is -2.55. The van der Waals surface area contributed by atoms with Crippen molar-refractivity contribution in [2.24, 2.45) is 0 Å². The molecule has 1 aliphatic heterocycles. The first-order valence-corrected chi connectivity index (χ1v) is 13.1. The van der Waals surface area contributed by atoms with Crippen LogP contribution in [-0.2, 0) is 14.8 Å². The minimum Gasteiger partial charge on any atom is -0.504 e. The van der Waals surface area contributed by atoms with E-state index in [1.54, 1.807) is 20.8 Å². The molecule has 3 amide bonds. The van der Waals surface area contributed by atoms with Crippen LogP contribution in [0.3, 0.4) is 0 Å². The van der Waals surface area contributed by atoms with Gasteiger partial charge < -0.3 is 25.4 Å². The number of phenols is 1. The van der Waals surface area contributed by atoms with Crippen molar-refractivity contribution in [1.29, 1.82) is 0 Å². The van der Waals surface area contributed by atoms with E-state index in [0.29, 0.717) is 0 Å². The minimum absolute atomic E-state index is 0.0543. The summed E-state index contributed by atoms with van der Waals surface area (Å²) in [5.41, 5.74) is -0.702. The maximum absolute atomic E-state index is 13.0. The number of rotatable bonds is 5. The molecule has 3 rings (SSSR count). The number of halogens is 1. The first-order chi connectivity index (χ1) is 15.9. The Bertz CT molecular complexity index is 1020. The van der Waals surface area contributed by atoms with Gasteiger partial charge in [-0.2, -0.15) is 0 Å². The average Bonchev–Trinajstić information content (AvgIpc) is 3.22. The van der Waals surface area contributed by atoms with Crippen molar-refractivity contribution < 1.29 is 27.9 Å². The van der Waals surface area contributed by atoms with Crippen molar-refractivity contribution in [3.63, 3.8) is 0 Å². The van der Waals surface area contributed by atoms with E-state index in [4.69, 9.17) is 16.3 Å². The minimum atomic E-state index is -4.28. The van der Waals surface area contributed by atoms with Gasteiger partial charge >= 0.3 is 12.1 Å². The molecular formula is C21H32ClN5O6S. The third-order valence-electron chi connectivity index (χ3n) is 5.47. The van der Waals surface area contributed by atoms with Crippen LogP contribution in [0, 0.1) is 0 Å². The number of hydrogen-bond donors (Lipinski definition) is 4. The molecule has 1 heterocycles. The lowest BCUT2D eigenvalue weighted by molar-refractivity contribution is 0.0126. The van der Waals surface area contributed by atoms with Gasteiger partial charge in [0.2, 0.25) is 0 Å². The standard InChI is InChI=1S/C21H32ClN5O6S/c1-21(2,3)33-20(30)26-10-12-27(13-11-26)25-34(31,32)18-15(22)8-9-16(17(18)28)24-19(29)23-14-6-4-5-7-14/h8-9,14,25,28H,4-7,10-13H2,1-3H3,(H2,23,24,29). The monoisotopic (exact) mass is 517 g/mol. The zero-order valence-electron chi connectivity index (χ0n) is 19.6. The number of sulfonamides is 1. The van der Waals surface area contributed by atoms with Gasteiger partial charge in [0.25, 0.3) is 10.0 Å². The number of phenolic OH excluding ortho intramolecular Hbond substituents is 1. The Morgan fingerprint density at radius 1 is 1.12 bits per heavy atom. The Labute approximate surface area is 204 Å². The highest BCUT2D eigenvalue weighted by Crippen LogP contribution is 2.37. The summed E-state index contributed by atoms with van der Waals surface area (Å²) in [5.74, 6) is -0.658. The van der Waals surface area contributed by atoms with Crippen LogP contribution in [0.2, 0.25) is 5.02 Å². The van der Waals surface area contributed by atoms with E-state index in [0.717, 1.165) is 25.7 Å². The highest BCUT2D eigenvalue weighted by molar-refractivity contribution is 7.89. The van der Waals surface area contributed by atoms with Crippen molar-refractivity contribution in [1.82, 2.24) is 20.1 Å². The molecule has 0 spiro atoms. The fourth-order valence-electron chi connectivity index (χ4n) is 3.84. The van der Waals surface area contributed by atoms with Crippen molar-refractivity contribution in [2.45, 2.75) is 63.0 Å². The number of carbonyl (C=O) groups excluding carboxylic acids is 2. The normalized spacial score (nSPS) is 18.1. The maximum Gasteiger partial charge on any atom is 0.410 e. The molecule has 190 valence electrons. The highest BCUT2D eigenvalue weighted by atomic mass is 35.5. The van der Waals surface area contributed by atoms with Gasteiger partial charge in [0.05, 0.1) is 10.7 Å². The largest absolute Gasteiger partial charge is 0.504 e. The second-order valence-electron chi connectivity index (χ2n) is 9.40. The number of benzene rings is 1. The number of carbonyl (C=O) groups is 2. The smallest absolute Gasteiger partial charge is 0.410 e. The van der Waals surface area contributed by atoms with Gasteiger partial charge in [0.15, 0.2) is 5.75 Å². The summed E-state index contributed by atoms with van der Waals surface area (Å²) in [5, 5.41) is 17.2. The Kier molecular flexibility index (Phi) is 8.17. The van der Waals surface area contributed by atoms with Gasteiger partial charge in [0, 0.05) is 32.2 Å². The predicted octanol–water partition coefficient (Wildman–Crippen LogP) is 2.86. The molecule has 0 atom stereocenters. The topological polar surface area (TPSA) is 140 Å². The molecule has 4 N–H and O–H groups in total. The van der Waals surface area contributed by atoms with Crippen LogP contribution in [0.5, 0.6) is 5.75 Å². The molecule has 2 aliphatic rings. The van der Waals surface area contributed by atoms with E-state index in [-0.39, 0.29) is 42.9 Å². The summed E-state index contributed by atoms with van der Waals surface area (Å²) in [4.78, 5) is 27.8. The van der Waals surface area contributed by atoms with E-state index in [1.165, 1.54) is 22.0 Å². The Balaban J connectivity index is 1.65. The SMILES string of the molecule is CC(C)(C)OC(=O)N1CCN(NS(=O)(=O)c2c(Cl)ccc(NC(=O)NC3CCCC3)c2O)CC1. The van der Waals surface area contributed by atoms with E-state index >= 15 is 0 Å². The number of amides is 3. The molecule has 0 radical (unpaired) electrons. The van der Waals surface area contributed by atoms with Crippen LogP contribution in [0.25, 0.3) is 0 Å². The maximum atomic E-state index is 13.0. The van der Waals surface area contributed by atoms with Crippen LogP contribution in [0.4, 0.5) is 15.3 Å². The van der Waals surface area contributed by atoms with Crippen molar-refractivity contribution in [3.05, 3.63) is 17.2 Å². The quantitative estimate of drug-likeness (QED) is 0.440. The van der Waals surface area contributed by atoms with Crippen LogP contribution in [-0.4, -0.2) is 73.4 Å². The number of urea groups is 1. The highest BCUT2D eigenvalue weighted by Gasteiger charge is 2.31. The van der Waals surface area contributed by atoms with Gasteiger partial charge in [-0.3, -0.25) is 0 Å². The van der Waals surface area contributed by atoms with E-state index in [2.05, 4.69) is 15.5 Å². The number of ether oxygens (including phenoxy) is 1. The Morgan fingerprint density at radius 3 is 2.32 bits per heavy atom. The number of piperazine rings is 1. The molecule has 0 unspecified atom stereocenters. The number of nitrogens with zero attached hydrogens (tertiary/aromatic N) is 2. The lowest BCUT2D eigenvalue weighted by atomic mass is 10.2. The lowest BCUT2D eigenvalue weighted by Gasteiger charge is -2.35. The molecule has 0 aromatic heterocycles. The third-order valence-corrected chi connectivity index (χ3v) is 7.35. The van der Waals surface area contributed by atoms with E-state index in [1.807, 2.05) is 0 Å². The second kappa shape index (κ2) is 10.5. The van der Waals surface area contributed by atoms with Crippen LogP contribution in [0.1, 0.15) is 46.5 Å². The number of aromatic hydroxyl groups is 1. The van der Waals surface area contributed by atoms with Crippen molar-refractivity contribution in [3.8, 4) is 5.75 Å². The average molecular weight is 518 g/mol. The molecule has 1 saturated carbocycles. The molecule has 0 bridgehead atoms. The molecule has 1 aliphatic carbocycles. The van der Waals surface area contributed by atoms with Gasteiger partial charge in [-0.25, -0.2) is 23.0 Å². The van der Waals surface area contributed by atoms with Crippen molar-refractivity contribution in [2.75, 3.05) is 31.5 Å². The van der Waals surface area contributed by atoms with E-state index < -0.39 is 38.4 Å². The van der Waals surface area contributed by atoms with Crippen LogP contribution in [0.15, 0.2) is 17.0 Å². The molecule has 1 saturated heterocycles. The zero-order valence-corrected chi connectivity index (χ0v) is 21.1.